The van der Waals surface area contributed by atoms with Crippen LogP contribution in [0.4, 0.5) is 0 Å². The quantitative estimate of drug-likeness (QED) is 0.685. The van der Waals surface area contributed by atoms with E-state index in [4.69, 9.17) is 9.47 Å². The second-order valence-electron chi connectivity index (χ2n) is 6.69. The summed E-state index contributed by atoms with van der Waals surface area (Å²) in [6, 6.07) is 12.8. The predicted octanol–water partition coefficient (Wildman–Crippen LogP) is 3.71. The molecule has 0 fully saturated rings. The van der Waals surface area contributed by atoms with Crippen LogP contribution in [0, 0.1) is 0 Å². The number of para-hydroxylation sites is 1. The van der Waals surface area contributed by atoms with E-state index in [-0.39, 0.29) is 4.90 Å². The number of H-pyrrole nitrogens is 1. The van der Waals surface area contributed by atoms with Crippen molar-refractivity contribution in [1.29, 1.82) is 0 Å². The third-order valence-corrected chi connectivity index (χ3v) is 6.84. The van der Waals surface area contributed by atoms with Crippen molar-refractivity contribution in [2.45, 2.75) is 31.7 Å². The highest BCUT2D eigenvalue weighted by Crippen LogP contribution is 2.34. The van der Waals surface area contributed by atoms with Crippen LogP contribution in [0.25, 0.3) is 10.9 Å². The average Bonchev–Trinajstić information content (AvgIpc) is 3.07. The zero-order valence-corrected chi connectivity index (χ0v) is 16.9. The number of sulfonamides is 1. The lowest BCUT2D eigenvalue weighted by atomic mass is 10.1. The monoisotopic (exact) mass is 400 g/mol. The van der Waals surface area contributed by atoms with Gasteiger partial charge in [0.25, 0.3) is 0 Å². The zero-order valence-electron chi connectivity index (χ0n) is 16.1. The van der Waals surface area contributed by atoms with E-state index in [1.165, 1.54) is 0 Å². The second-order valence-corrected chi connectivity index (χ2v) is 8.63. The van der Waals surface area contributed by atoms with Crippen molar-refractivity contribution < 1.29 is 17.9 Å². The van der Waals surface area contributed by atoms with Gasteiger partial charge in [0.05, 0.1) is 18.1 Å². The molecule has 0 unspecified atom stereocenters. The Morgan fingerprint density at radius 3 is 2.57 bits per heavy atom. The standard InChI is InChI=1S/C21H24N2O4S/c1-3-26-20-10-9-15(13-21(20)27-4-2)28(24,25)23-12-11-19-17(14-23)16-7-5-6-8-18(16)22-19/h5-10,13,22H,3-4,11-12,14H2,1-2H3. The van der Waals surface area contributed by atoms with E-state index in [0.29, 0.717) is 44.2 Å². The van der Waals surface area contributed by atoms with Gasteiger partial charge in [-0.25, -0.2) is 8.42 Å². The molecule has 28 heavy (non-hydrogen) atoms. The topological polar surface area (TPSA) is 71.6 Å². The SMILES string of the molecule is CCOc1ccc(S(=O)(=O)N2CCc3[nH]c4ccccc4c3C2)cc1OCC. The lowest BCUT2D eigenvalue weighted by Gasteiger charge is -2.27. The van der Waals surface area contributed by atoms with Gasteiger partial charge in [0.1, 0.15) is 0 Å². The molecule has 148 valence electrons. The average molecular weight is 401 g/mol. The Labute approximate surface area is 165 Å². The smallest absolute Gasteiger partial charge is 0.243 e. The summed E-state index contributed by atoms with van der Waals surface area (Å²) in [4.78, 5) is 3.64. The van der Waals surface area contributed by atoms with E-state index in [9.17, 15) is 8.42 Å². The van der Waals surface area contributed by atoms with Crippen LogP contribution < -0.4 is 9.47 Å². The van der Waals surface area contributed by atoms with Gasteiger partial charge in [0, 0.05) is 42.2 Å². The van der Waals surface area contributed by atoms with Crippen molar-refractivity contribution in [3.8, 4) is 11.5 Å². The minimum Gasteiger partial charge on any atom is -0.490 e. The maximum atomic E-state index is 13.3. The van der Waals surface area contributed by atoms with E-state index in [2.05, 4.69) is 4.98 Å². The van der Waals surface area contributed by atoms with Gasteiger partial charge in [0.15, 0.2) is 11.5 Å². The molecule has 3 aromatic rings. The molecule has 0 bridgehead atoms. The van der Waals surface area contributed by atoms with Crippen molar-refractivity contribution >= 4 is 20.9 Å². The van der Waals surface area contributed by atoms with Crippen LogP contribution in [0.1, 0.15) is 25.1 Å². The molecule has 0 radical (unpaired) electrons. The lowest BCUT2D eigenvalue weighted by Crippen LogP contribution is -2.35. The molecule has 1 N–H and O–H groups in total. The number of rotatable bonds is 6. The highest BCUT2D eigenvalue weighted by Gasteiger charge is 2.31. The maximum absolute atomic E-state index is 13.3. The minimum atomic E-state index is -3.64. The predicted molar refractivity (Wildman–Crippen MR) is 108 cm³/mol. The molecule has 6 nitrogen and oxygen atoms in total. The fraction of sp³-hybridized carbons (Fsp3) is 0.333. The minimum absolute atomic E-state index is 0.225. The first-order valence-corrected chi connectivity index (χ1v) is 11.0. The lowest BCUT2D eigenvalue weighted by molar-refractivity contribution is 0.287. The van der Waals surface area contributed by atoms with Crippen molar-refractivity contribution in [3.63, 3.8) is 0 Å². The molecular formula is C21H24N2O4S. The first kappa shape index (κ1) is 18.8. The molecular weight excluding hydrogens is 376 g/mol. The van der Waals surface area contributed by atoms with E-state index < -0.39 is 10.0 Å². The normalized spacial score (nSPS) is 14.8. The van der Waals surface area contributed by atoms with Gasteiger partial charge in [-0.2, -0.15) is 4.31 Å². The molecule has 0 saturated heterocycles. The van der Waals surface area contributed by atoms with Crippen LogP contribution >= 0.6 is 0 Å². The summed E-state index contributed by atoms with van der Waals surface area (Å²) in [6.45, 7) is 5.47. The number of nitrogens with zero attached hydrogens (tertiary/aromatic N) is 1. The van der Waals surface area contributed by atoms with Gasteiger partial charge in [-0.3, -0.25) is 0 Å². The molecule has 1 aliphatic rings. The molecule has 1 aliphatic heterocycles. The van der Waals surface area contributed by atoms with E-state index in [1.54, 1.807) is 22.5 Å². The molecule has 0 atom stereocenters. The highest BCUT2D eigenvalue weighted by atomic mass is 32.2. The third kappa shape index (κ3) is 3.25. The molecule has 0 spiro atoms. The summed E-state index contributed by atoms with van der Waals surface area (Å²) in [7, 11) is -3.64. The summed E-state index contributed by atoms with van der Waals surface area (Å²) in [5, 5.41) is 1.08. The Bertz CT molecular complexity index is 1100. The molecule has 0 saturated carbocycles. The number of benzene rings is 2. The summed E-state index contributed by atoms with van der Waals surface area (Å²) in [5.41, 5.74) is 3.22. The van der Waals surface area contributed by atoms with E-state index in [0.717, 1.165) is 22.2 Å². The van der Waals surface area contributed by atoms with Gasteiger partial charge in [-0.15, -0.1) is 0 Å². The number of hydrogen-bond acceptors (Lipinski definition) is 4. The highest BCUT2D eigenvalue weighted by molar-refractivity contribution is 7.89. The van der Waals surface area contributed by atoms with Crippen LogP contribution in [-0.2, 0) is 23.0 Å². The van der Waals surface area contributed by atoms with E-state index in [1.807, 2.05) is 38.1 Å². The number of nitrogens with one attached hydrogen (secondary N) is 1. The van der Waals surface area contributed by atoms with Crippen molar-refractivity contribution in [3.05, 3.63) is 53.7 Å². The third-order valence-electron chi connectivity index (χ3n) is 5.00. The molecule has 0 amide bonds. The Kier molecular flexibility index (Phi) is 5.03. The van der Waals surface area contributed by atoms with Crippen molar-refractivity contribution in [2.24, 2.45) is 0 Å². The Morgan fingerprint density at radius 1 is 1.04 bits per heavy atom. The Hall–Kier alpha value is -2.51. The first-order chi connectivity index (χ1) is 13.5. The number of ether oxygens (including phenoxy) is 2. The number of fused-ring (bicyclic) bond motifs is 3. The van der Waals surface area contributed by atoms with Gasteiger partial charge < -0.3 is 14.5 Å². The Balaban J connectivity index is 1.68. The second kappa shape index (κ2) is 7.48. The van der Waals surface area contributed by atoms with Gasteiger partial charge >= 0.3 is 0 Å². The molecule has 4 rings (SSSR count). The summed E-state index contributed by atoms with van der Waals surface area (Å²) < 4.78 is 39.3. The molecule has 2 aromatic carbocycles. The number of hydrogen-bond donors (Lipinski definition) is 1. The summed E-state index contributed by atoms with van der Waals surface area (Å²) in [5.74, 6) is 1.01. The largest absolute Gasteiger partial charge is 0.490 e. The Morgan fingerprint density at radius 2 is 1.79 bits per heavy atom. The molecule has 7 heteroatoms. The fourth-order valence-electron chi connectivity index (χ4n) is 3.69. The fourth-order valence-corrected chi connectivity index (χ4v) is 5.11. The first-order valence-electron chi connectivity index (χ1n) is 9.52. The van der Waals surface area contributed by atoms with Crippen molar-refractivity contribution in [1.82, 2.24) is 9.29 Å². The summed E-state index contributed by atoms with van der Waals surface area (Å²) >= 11 is 0. The van der Waals surface area contributed by atoms with Crippen LogP contribution in [0.5, 0.6) is 11.5 Å². The molecule has 0 aliphatic carbocycles. The number of aromatic nitrogens is 1. The van der Waals surface area contributed by atoms with Gasteiger partial charge in [-0.1, -0.05) is 18.2 Å². The van der Waals surface area contributed by atoms with Crippen LogP contribution in [0.3, 0.4) is 0 Å². The maximum Gasteiger partial charge on any atom is 0.243 e. The van der Waals surface area contributed by atoms with E-state index >= 15 is 0 Å². The van der Waals surface area contributed by atoms with Crippen LogP contribution in [0.15, 0.2) is 47.4 Å². The van der Waals surface area contributed by atoms with Gasteiger partial charge in [0.2, 0.25) is 10.0 Å². The summed E-state index contributed by atoms with van der Waals surface area (Å²) in [6.07, 6.45) is 0.665. The zero-order chi connectivity index (χ0) is 19.7. The number of aromatic amines is 1. The molecule has 2 heterocycles. The molecule has 1 aromatic heterocycles. The van der Waals surface area contributed by atoms with Crippen LogP contribution in [0.2, 0.25) is 0 Å². The van der Waals surface area contributed by atoms with Crippen molar-refractivity contribution in [2.75, 3.05) is 19.8 Å². The van der Waals surface area contributed by atoms with Gasteiger partial charge in [-0.05, 0) is 37.6 Å². The van der Waals surface area contributed by atoms with Crippen LogP contribution in [-0.4, -0.2) is 37.5 Å².